The molecule has 1 aromatic carbocycles. The van der Waals surface area contributed by atoms with Crippen molar-refractivity contribution < 1.29 is 4.79 Å². The van der Waals surface area contributed by atoms with E-state index >= 15 is 0 Å². The van der Waals surface area contributed by atoms with Gasteiger partial charge in [0.1, 0.15) is 0 Å². The molecule has 0 atom stereocenters. The van der Waals surface area contributed by atoms with Crippen LogP contribution >= 0.6 is 0 Å². The van der Waals surface area contributed by atoms with Crippen molar-refractivity contribution in [2.45, 2.75) is 44.1 Å². The molecule has 1 aliphatic rings. The van der Waals surface area contributed by atoms with Crippen molar-refractivity contribution in [1.29, 1.82) is 0 Å². The summed E-state index contributed by atoms with van der Waals surface area (Å²) in [5.74, 6) is 0.124. The first-order valence-electron chi connectivity index (χ1n) is 6.85. The first kappa shape index (κ1) is 14.1. The molecule has 3 nitrogen and oxygen atoms in total. The molecule has 2 N–H and O–H groups in total. The fourth-order valence-electron chi connectivity index (χ4n) is 2.50. The van der Waals surface area contributed by atoms with Crippen molar-refractivity contribution in [3.8, 4) is 0 Å². The molecule has 0 unspecified atom stereocenters. The Kier molecular flexibility index (Phi) is 3.43. The number of likely N-dealkylation sites (N-methyl/N-ethyl adjacent to an activating group) is 1. The van der Waals surface area contributed by atoms with Crippen LogP contribution in [0.3, 0.4) is 0 Å². The zero-order valence-electron chi connectivity index (χ0n) is 12.4. The summed E-state index contributed by atoms with van der Waals surface area (Å²) < 4.78 is 0. The van der Waals surface area contributed by atoms with Crippen LogP contribution in [0.25, 0.3) is 0 Å². The van der Waals surface area contributed by atoms with E-state index < -0.39 is 5.41 Å². The zero-order valence-corrected chi connectivity index (χ0v) is 12.4. The molecule has 1 saturated carbocycles. The minimum Gasteiger partial charge on any atom is -0.348 e. The van der Waals surface area contributed by atoms with Crippen LogP contribution in [0.1, 0.15) is 37.8 Å². The summed E-state index contributed by atoms with van der Waals surface area (Å²) in [4.78, 5) is 13.9. The predicted molar refractivity (Wildman–Crippen MR) is 78.0 cm³/mol. The molecular weight excluding hydrogens is 236 g/mol. The fraction of sp³-hybridized carbons (Fsp3) is 0.562. The number of hydrogen-bond donors (Lipinski definition) is 1. The van der Waals surface area contributed by atoms with E-state index in [0.717, 1.165) is 24.8 Å². The second-order valence-corrected chi connectivity index (χ2v) is 6.56. The monoisotopic (exact) mass is 260 g/mol. The summed E-state index contributed by atoms with van der Waals surface area (Å²) in [5.41, 5.74) is 7.98. The first-order valence-corrected chi connectivity index (χ1v) is 6.85. The van der Waals surface area contributed by atoms with Gasteiger partial charge < -0.3 is 10.6 Å². The molecule has 19 heavy (non-hydrogen) atoms. The minimum absolute atomic E-state index is 0.00826. The second kappa shape index (κ2) is 4.64. The molecule has 0 aromatic heterocycles. The van der Waals surface area contributed by atoms with E-state index in [1.54, 1.807) is 19.0 Å². The number of carbonyl (C=O) groups is 1. The molecule has 0 radical (unpaired) electrons. The Morgan fingerprint density at radius 1 is 1.37 bits per heavy atom. The average Bonchev–Trinajstić information content (AvgIpc) is 3.05. The molecular formula is C16H24N2O. The molecule has 1 fully saturated rings. The highest BCUT2D eigenvalue weighted by atomic mass is 16.2. The van der Waals surface area contributed by atoms with E-state index in [9.17, 15) is 4.79 Å². The van der Waals surface area contributed by atoms with Crippen molar-refractivity contribution >= 4 is 5.91 Å². The molecule has 3 heteroatoms. The van der Waals surface area contributed by atoms with Crippen LogP contribution in [-0.2, 0) is 16.6 Å². The lowest BCUT2D eigenvalue weighted by Crippen LogP contribution is -2.39. The molecule has 1 amide bonds. The maximum Gasteiger partial charge on any atom is 0.232 e. The summed E-state index contributed by atoms with van der Waals surface area (Å²) in [7, 11) is 3.60. The Bertz CT molecular complexity index is 487. The minimum atomic E-state index is -0.495. The van der Waals surface area contributed by atoms with Gasteiger partial charge in [0.25, 0.3) is 0 Å². The van der Waals surface area contributed by atoms with Gasteiger partial charge in [-0.25, -0.2) is 0 Å². The Hall–Kier alpha value is -1.35. The van der Waals surface area contributed by atoms with E-state index in [2.05, 4.69) is 12.1 Å². The van der Waals surface area contributed by atoms with E-state index in [-0.39, 0.29) is 11.4 Å². The third kappa shape index (κ3) is 2.98. The predicted octanol–water partition coefficient (Wildman–Crippen LogP) is 2.09. The quantitative estimate of drug-likeness (QED) is 0.901. The van der Waals surface area contributed by atoms with Gasteiger partial charge in [-0.15, -0.1) is 0 Å². The first-order chi connectivity index (χ1) is 8.74. The smallest absolute Gasteiger partial charge is 0.232 e. The average molecular weight is 260 g/mol. The lowest BCUT2D eigenvalue weighted by atomic mass is 9.82. The number of benzene rings is 1. The maximum atomic E-state index is 12.3. The highest BCUT2D eigenvalue weighted by molar-refractivity contribution is 5.87. The number of rotatable bonds is 4. The number of amides is 1. The van der Waals surface area contributed by atoms with Crippen LogP contribution < -0.4 is 5.73 Å². The van der Waals surface area contributed by atoms with Crippen LogP contribution in [0.15, 0.2) is 24.3 Å². The van der Waals surface area contributed by atoms with Crippen molar-refractivity contribution in [1.82, 2.24) is 4.90 Å². The van der Waals surface area contributed by atoms with Gasteiger partial charge in [-0.2, -0.15) is 0 Å². The zero-order chi connectivity index (χ0) is 14.3. The molecule has 0 saturated heterocycles. The van der Waals surface area contributed by atoms with Gasteiger partial charge in [0.05, 0.1) is 5.41 Å². The summed E-state index contributed by atoms with van der Waals surface area (Å²) in [6.45, 7) is 3.95. The SMILES string of the molecule is CN(C)C(=O)C(C)(C)c1cccc(CC2(N)CC2)c1. The maximum absolute atomic E-state index is 12.3. The van der Waals surface area contributed by atoms with Gasteiger partial charge in [0.15, 0.2) is 0 Å². The van der Waals surface area contributed by atoms with Crippen molar-refractivity contribution in [3.63, 3.8) is 0 Å². The van der Waals surface area contributed by atoms with E-state index in [4.69, 9.17) is 5.73 Å². The molecule has 104 valence electrons. The van der Waals surface area contributed by atoms with Crippen LogP contribution in [0.5, 0.6) is 0 Å². The second-order valence-electron chi connectivity index (χ2n) is 6.56. The summed E-state index contributed by atoms with van der Waals surface area (Å²) in [6.07, 6.45) is 3.13. The number of nitrogens with zero attached hydrogens (tertiary/aromatic N) is 1. The topological polar surface area (TPSA) is 46.3 Å². The lowest BCUT2D eigenvalue weighted by Gasteiger charge is -2.28. The van der Waals surface area contributed by atoms with Gasteiger partial charge in [-0.3, -0.25) is 4.79 Å². The Labute approximate surface area is 115 Å². The molecule has 1 aliphatic carbocycles. The van der Waals surface area contributed by atoms with Gasteiger partial charge in [0.2, 0.25) is 5.91 Å². The lowest BCUT2D eigenvalue weighted by molar-refractivity contribution is -0.133. The van der Waals surface area contributed by atoms with Crippen molar-refractivity contribution in [3.05, 3.63) is 35.4 Å². The standard InChI is InChI=1S/C16H24N2O/c1-15(2,14(19)18(3)4)13-7-5-6-12(10-13)11-16(17)8-9-16/h5-7,10H,8-9,11,17H2,1-4H3. The Morgan fingerprint density at radius 2 is 2.00 bits per heavy atom. The van der Waals surface area contributed by atoms with Crippen LogP contribution in [0, 0.1) is 0 Å². The van der Waals surface area contributed by atoms with E-state index in [0.29, 0.717) is 0 Å². The molecule has 1 aromatic rings. The van der Waals surface area contributed by atoms with Gasteiger partial charge in [0, 0.05) is 19.6 Å². The van der Waals surface area contributed by atoms with Gasteiger partial charge in [-0.05, 0) is 44.2 Å². The molecule has 0 bridgehead atoms. The molecule has 2 rings (SSSR count). The molecule has 0 heterocycles. The van der Waals surface area contributed by atoms with Gasteiger partial charge >= 0.3 is 0 Å². The Balaban J connectivity index is 2.24. The van der Waals surface area contributed by atoms with Gasteiger partial charge in [-0.1, -0.05) is 24.3 Å². The Morgan fingerprint density at radius 3 is 2.53 bits per heavy atom. The largest absolute Gasteiger partial charge is 0.348 e. The third-order valence-corrected chi connectivity index (χ3v) is 4.04. The molecule has 0 spiro atoms. The van der Waals surface area contributed by atoms with E-state index in [1.165, 1.54) is 5.56 Å². The van der Waals surface area contributed by atoms with Crippen LogP contribution in [0.4, 0.5) is 0 Å². The molecule has 0 aliphatic heterocycles. The fourth-order valence-corrected chi connectivity index (χ4v) is 2.50. The highest BCUT2D eigenvalue weighted by Crippen LogP contribution is 2.36. The highest BCUT2D eigenvalue weighted by Gasteiger charge is 2.38. The number of carbonyl (C=O) groups excluding carboxylic acids is 1. The summed E-state index contributed by atoms with van der Waals surface area (Å²) in [6, 6.07) is 8.29. The normalized spacial score (nSPS) is 17.1. The van der Waals surface area contributed by atoms with E-state index in [1.807, 2.05) is 26.0 Å². The van der Waals surface area contributed by atoms with Crippen molar-refractivity contribution in [2.24, 2.45) is 5.73 Å². The summed E-state index contributed by atoms with van der Waals surface area (Å²) in [5, 5.41) is 0. The third-order valence-electron chi connectivity index (χ3n) is 4.04. The van der Waals surface area contributed by atoms with Crippen LogP contribution in [-0.4, -0.2) is 30.4 Å². The number of hydrogen-bond acceptors (Lipinski definition) is 2. The van der Waals surface area contributed by atoms with Crippen LogP contribution in [0.2, 0.25) is 0 Å². The number of nitrogens with two attached hydrogens (primary N) is 1. The van der Waals surface area contributed by atoms with Crippen molar-refractivity contribution in [2.75, 3.05) is 14.1 Å². The summed E-state index contributed by atoms with van der Waals surface area (Å²) >= 11 is 0.